The molecule has 2 nitrogen and oxygen atoms in total. The molecule has 0 spiro atoms. The number of carbonyl (C=O) groups is 1. The molecule has 0 radical (unpaired) electrons. The molecule has 0 heterocycles. The second-order valence-electron chi connectivity index (χ2n) is 1.14. The van der Waals surface area contributed by atoms with Crippen LogP contribution in [0.15, 0.2) is 0 Å². The van der Waals surface area contributed by atoms with Crippen LogP contribution in [0.25, 0.3) is 0 Å². The Balaban J connectivity index is -0.000000125. The summed E-state index contributed by atoms with van der Waals surface area (Å²) in [4.78, 5) is 9.60. The van der Waals surface area contributed by atoms with E-state index in [1.807, 2.05) is 6.92 Å². The molecule has 0 fully saturated rings. The molecule has 0 saturated heterocycles. The predicted molar refractivity (Wildman–Crippen MR) is 23.7 cm³/mol. The minimum Gasteiger partial charge on any atom is -1.00 e. The van der Waals surface area contributed by atoms with E-state index in [9.17, 15) is 4.79 Å². The molecule has 0 aliphatic rings. The summed E-state index contributed by atoms with van der Waals surface area (Å²) in [5.41, 5.74) is 0. The summed E-state index contributed by atoms with van der Waals surface area (Å²) < 4.78 is 0. The van der Waals surface area contributed by atoms with Crippen molar-refractivity contribution in [2.45, 2.75) is 19.8 Å². The third-order valence-corrected chi connectivity index (χ3v) is 0.464. The van der Waals surface area contributed by atoms with E-state index in [2.05, 4.69) is 0 Å². The second-order valence-corrected chi connectivity index (χ2v) is 1.14. The van der Waals surface area contributed by atoms with Crippen LogP contribution in [-0.4, -0.2) is 11.1 Å². The van der Waals surface area contributed by atoms with Crippen LogP contribution in [0.2, 0.25) is 0 Å². The molecule has 0 aromatic rings. The molecular weight excluding hydrogens is 103 g/mol. The van der Waals surface area contributed by atoms with Crippen molar-refractivity contribution in [3.8, 4) is 0 Å². The van der Waals surface area contributed by atoms with Gasteiger partial charge in [-0.2, -0.15) is 0 Å². The van der Waals surface area contributed by atoms with E-state index < -0.39 is 5.97 Å². The average molecular weight is 112 g/mol. The molecule has 0 saturated carbocycles. The number of hydrogen-bond acceptors (Lipinski definition) is 1. The van der Waals surface area contributed by atoms with Gasteiger partial charge in [-0.25, -0.2) is 0 Å². The van der Waals surface area contributed by atoms with Gasteiger partial charge in [0.1, 0.15) is 0 Å². The molecule has 0 unspecified atom stereocenters. The Kier molecular flexibility index (Phi) is 9.66. The van der Waals surface area contributed by atoms with E-state index in [1.54, 1.807) is 0 Å². The summed E-state index contributed by atoms with van der Waals surface area (Å²) in [6, 6.07) is 0. The fourth-order valence-corrected chi connectivity index (χ4v) is 0.214. The third kappa shape index (κ3) is 10.7. The molecule has 7 heavy (non-hydrogen) atoms. The fraction of sp³-hybridized carbons (Fsp3) is 0.750. The predicted octanol–water partition coefficient (Wildman–Crippen LogP) is -2.01. The van der Waals surface area contributed by atoms with E-state index in [-0.39, 0.29) is 31.0 Å². The smallest absolute Gasteiger partial charge is 1.00 e. The normalized spacial score (nSPS) is 7.00. The standard InChI is InChI=1S/C4H8O2.Na.H/c1-2-3-4(5)6;;/h2-3H2,1H3,(H,5,6);;/q;+1;-1. The molecule has 0 atom stereocenters. The van der Waals surface area contributed by atoms with Gasteiger partial charge in [0.25, 0.3) is 0 Å². The van der Waals surface area contributed by atoms with Crippen LogP contribution in [0.1, 0.15) is 21.2 Å². The molecule has 3 heteroatoms. The topological polar surface area (TPSA) is 37.3 Å². The number of hydrogen-bond donors (Lipinski definition) is 1. The Morgan fingerprint density at radius 3 is 2.29 bits per heavy atom. The molecule has 0 aromatic heterocycles. The second kappa shape index (κ2) is 6.47. The minimum absolute atomic E-state index is 0. The van der Waals surface area contributed by atoms with E-state index in [4.69, 9.17) is 5.11 Å². The molecule has 0 aliphatic carbocycles. The zero-order valence-electron chi connectivity index (χ0n) is 5.77. The molecule has 0 aromatic carbocycles. The zero-order valence-corrected chi connectivity index (χ0v) is 6.77. The molecule has 0 bridgehead atoms. The van der Waals surface area contributed by atoms with Crippen molar-refractivity contribution in [1.29, 1.82) is 0 Å². The van der Waals surface area contributed by atoms with E-state index >= 15 is 0 Å². The minimum atomic E-state index is -0.711. The molecule has 1 N–H and O–H groups in total. The fourth-order valence-electron chi connectivity index (χ4n) is 0.214. The van der Waals surface area contributed by atoms with Crippen molar-refractivity contribution in [2.75, 3.05) is 0 Å². The summed E-state index contributed by atoms with van der Waals surface area (Å²) in [5, 5.41) is 7.91. The van der Waals surface area contributed by atoms with Gasteiger partial charge in [-0.3, -0.25) is 4.79 Å². The average Bonchev–Trinajstić information content (AvgIpc) is 1.35. The number of aliphatic carboxylic acids is 1. The van der Waals surface area contributed by atoms with E-state index in [0.717, 1.165) is 6.42 Å². The summed E-state index contributed by atoms with van der Waals surface area (Å²) in [6.45, 7) is 1.84. The summed E-state index contributed by atoms with van der Waals surface area (Å²) in [5.74, 6) is -0.711. The van der Waals surface area contributed by atoms with Crippen molar-refractivity contribution in [2.24, 2.45) is 0 Å². The third-order valence-electron chi connectivity index (χ3n) is 0.464. The van der Waals surface area contributed by atoms with Crippen molar-refractivity contribution in [3.63, 3.8) is 0 Å². The van der Waals surface area contributed by atoms with Gasteiger partial charge in [0.15, 0.2) is 0 Å². The maximum Gasteiger partial charge on any atom is 1.00 e. The molecule has 0 amide bonds. The Labute approximate surface area is 66.7 Å². The molecule has 0 rings (SSSR count). The van der Waals surface area contributed by atoms with Gasteiger partial charge < -0.3 is 6.53 Å². The van der Waals surface area contributed by atoms with Crippen molar-refractivity contribution >= 4 is 5.97 Å². The van der Waals surface area contributed by atoms with Crippen LogP contribution in [0, 0.1) is 0 Å². The Morgan fingerprint density at radius 1 is 1.86 bits per heavy atom. The quantitative estimate of drug-likeness (QED) is 0.419. The Bertz CT molecular complexity index is 58.0. The first kappa shape index (κ1) is 10.5. The van der Waals surface area contributed by atoms with Crippen LogP contribution < -0.4 is 29.6 Å². The van der Waals surface area contributed by atoms with Gasteiger partial charge in [0.05, 0.1) is 0 Å². The molecular formula is C4H9NaO2. The van der Waals surface area contributed by atoms with Crippen LogP contribution in [0.5, 0.6) is 0 Å². The van der Waals surface area contributed by atoms with Gasteiger partial charge in [-0.05, 0) is 6.42 Å². The monoisotopic (exact) mass is 112 g/mol. The first-order valence-electron chi connectivity index (χ1n) is 1.99. The Morgan fingerprint density at radius 2 is 2.29 bits per heavy atom. The zero-order chi connectivity index (χ0) is 4.99. The number of carboxylic acids is 1. The summed E-state index contributed by atoms with van der Waals surface area (Å²) >= 11 is 0. The first-order chi connectivity index (χ1) is 2.77. The molecule has 38 valence electrons. The van der Waals surface area contributed by atoms with Gasteiger partial charge in [-0.15, -0.1) is 0 Å². The van der Waals surface area contributed by atoms with Gasteiger partial charge in [0, 0.05) is 6.42 Å². The van der Waals surface area contributed by atoms with E-state index in [1.165, 1.54) is 0 Å². The van der Waals surface area contributed by atoms with Crippen molar-refractivity contribution < 1.29 is 40.9 Å². The van der Waals surface area contributed by atoms with Crippen LogP contribution in [0.4, 0.5) is 0 Å². The van der Waals surface area contributed by atoms with Gasteiger partial charge in [-0.1, -0.05) is 6.92 Å². The first-order valence-corrected chi connectivity index (χ1v) is 1.99. The van der Waals surface area contributed by atoms with Crippen molar-refractivity contribution in [1.82, 2.24) is 0 Å². The number of rotatable bonds is 2. The Hall–Kier alpha value is 0.470. The summed E-state index contributed by atoms with van der Waals surface area (Å²) in [6.07, 6.45) is 1.02. The summed E-state index contributed by atoms with van der Waals surface area (Å²) in [7, 11) is 0. The SMILES string of the molecule is CCCC(=O)O.[H-].[Na+]. The van der Waals surface area contributed by atoms with Gasteiger partial charge in [0.2, 0.25) is 0 Å². The maximum atomic E-state index is 9.60. The van der Waals surface area contributed by atoms with Crippen molar-refractivity contribution in [3.05, 3.63) is 0 Å². The molecule has 0 aliphatic heterocycles. The van der Waals surface area contributed by atoms with Gasteiger partial charge >= 0.3 is 35.5 Å². The van der Waals surface area contributed by atoms with Crippen LogP contribution >= 0.6 is 0 Å². The number of carboxylic acid groups (broad SMARTS) is 1. The van der Waals surface area contributed by atoms with Crippen LogP contribution in [0.3, 0.4) is 0 Å². The largest absolute Gasteiger partial charge is 1.00 e. The van der Waals surface area contributed by atoms with Crippen LogP contribution in [-0.2, 0) is 4.79 Å². The van der Waals surface area contributed by atoms with E-state index in [0.29, 0.717) is 6.42 Å². The maximum absolute atomic E-state index is 9.60.